The second-order valence-corrected chi connectivity index (χ2v) is 4.96. The normalized spacial score (nSPS) is 11.1. The van der Waals surface area contributed by atoms with Crippen LogP contribution in [0.25, 0.3) is 0 Å². The molecule has 2 aromatic rings. The lowest BCUT2D eigenvalue weighted by molar-refractivity contribution is 0.588. The van der Waals surface area contributed by atoms with Crippen LogP contribution >= 0.6 is 11.6 Å². The van der Waals surface area contributed by atoms with Crippen molar-refractivity contribution in [2.24, 2.45) is 0 Å². The molecule has 18 heavy (non-hydrogen) atoms. The van der Waals surface area contributed by atoms with Gasteiger partial charge >= 0.3 is 0 Å². The van der Waals surface area contributed by atoms with Crippen LogP contribution < -0.4 is 5.32 Å². The molecule has 0 amide bonds. The Morgan fingerprint density at radius 1 is 1.39 bits per heavy atom. The lowest BCUT2D eigenvalue weighted by Gasteiger charge is -2.05. The van der Waals surface area contributed by atoms with Crippen LogP contribution in [0.15, 0.2) is 30.9 Å². The molecule has 0 aliphatic carbocycles. The molecule has 0 saturated carbocycles. The van der Waals surface area contributed by atoms with Crippen LogP contribution in [-0.2, 0) is 13.1 Å². The van der Waals surface area contributed by atoms with Gasteiger partial charge in [-0.15, -0.1) is 0 Å². The van der Waals surface area contributed by atoms with Crippen molar-refractivity contribution in [3.63, 3.8) is 0 Å². The third kappa shape index (κ3) is 3.55. The molecule has 2 rings (SSSR count). The average Bonchev–Trinajstić information content (AvgIpc) is 2.77. The van der Waals surface area contributed by atoms with Gasteiger partial charge in [-0.3, -0.25) is 9.67 Å². The van der Waals surface area contributed by atoms with E-state index in [9.17, 15) is 0 Å². The monoisotopic (exact) mass is 264 g/mol. The standard InChI is InChI=1S/C13H17ClN4/c1-10(2)16-5-11-6-17-18(8-11)9-12-3-4-15-7-13(12)14/h3-4,6-8,10,16H,5,9H2,1-2H3. The van der Waals surface area contributed by atoms with Crippen LogP contribution in [0.2, 0.25) is 5.02 Å². The molecular formula is C13H17ClN4. The van der Waals surface area contributed by atoms with Gasteiger partial charge in [0.15, 0.2) is 0 Å². The Kier molecular flexibility index (Phi) is 4.33. The lowest BCUT2D eigenvalue weighted by Crippen LogP contribution is -2.21. The third-order valence-electron chi connectivity index (χ3n) is 2.59. The van der Waals surface area contributed by atoms with Crippen LogP contribution in [-0.4, -0.2) is 20.8 Å². The molecule has 2 aromatic heterocycles. The quantitative estimate of drug-likeness (QED) is 0.902. The first-order valence-electron chi connectivity index (χ1n) is 5.98. The maximum Gasteiger partial charge on any atom is 0.0675 e. The first-order valence-corrected chi connectivity index (χ1v) is 6.36. The van der Waals surface area contributed by atoms with E-state index in [1.54, 1.807) is 12.4 Å². The third-order valence-corrected chi connectivity index (χ3v) is 2.93. The topological polar surface area (TPSA) is 42.7 Å². The van der Waals surface area contributed by atoms with Crippen molar-refractivity contribution < 1.29 is 0 Å². The summed E-state index contributed by atoms with van der Waals surface area (Å²) < 4.78 is 1.89. The summed E-state index contributed by atoms with van der Waals surface area (Å²) in [6.07, 6.45) is 7.31. The van der Waals surface area contributed by atoms with Gasteiger partial charge in [0, 0.05) is 36.7 Å². The van der Waals surface area contributed by atoms with Crippen LogP contribution in [0.4, 0.5) is 0 Å². The molecule has 0 aromatic carbocycles. The zero-order valence-electron chi connectivity index (χ0n) is 10.6. The minimum atomic E-state index is 0.475. The van der Waals surface area contributed by atoms with Crippen LogP contribution in [0.5, 0.6) is 0 Å². The van der Waals surface area contributed by atoms with Crippen LogP contribution in [0, 0.1) is 0 Å². The Hall–Kier alpha value is -1.39. The molecule has 5 heteroatoms. The second-order valence-electron chi connectivity index (χ2n) is 4.55. The molecule has 0 aliphatic rings. The van der Waals surface area contributed by atoms with E-state index < -0.39 is 0 Å². The molecule has 0 saturated heterocycles. The number of halogens is 1. The van der Waals surface area contributed by atoms with Crippen molar-refractivity contribution in [3.05, 3.63) is 47.0 Å². The number of hydrogen-bond acceptors (Lipinski definition) is 3. The summed E-state index contributed by atoms with van der Waals surface area (Å²) in [6, 6.07) is 2.39. The molecule has 0 radical (unpaired) electrons. The van der Waals surface area contributed by atoms with E-state index in [4.69, 9.17) is 11.6 Å². The molecule has 96 valence electrons. The van der Waals surface area contributed by atoms with Crippen molar-refractivity contribution in [1.29, 1.82) is 0 Å². The number of nitrogens with zero attached hydrogens (tertiary/aromatic N) is 3. The minimum Gasteiger partial charge on any atom is -0.310 e. The average molecular weight is 265 g/mol. The fourth-order valence-electron chi connectivity index (χ4n) is 1.61. The van der Waals surface area contributed by atoms with Gasteiger partial charge < -0.3 is 5.32 Å². The predicted octanol–water partition coefficient (Wildman–Crippen LogP) is 2.48. The minimum absolute atomic E-state index is 0.475. The summed E-state index contributed by atoms with van der Waals surface area (Å²) in [6.45, 7) is 5.76. The highest BCUT2D eigenvalue weighted by molar-refractivity contribution is 6.31. The Bertz CT molecular complexity index is 507. The van der Waals surface area contributed by atoms with Gasteiger partial charge in [-0.25, -0.2) is 0 Å². The van der Waals surface area contributed by atoms with Crippen LogP contribution in [0.1, 0.15) is 25.0 Å². The number of pyridine rings is 1. The first kappa shape index (κ1) is 13.1. The Morgan fingerprint density at radius 3 is 2.94 bits per heavy atom. The Labute approximate surface area is 112 Å². The van der Waals surface area contributed by atoms with Gasteiger partial charge in [-0.1, -0.05) is 25.4 Å². The molecule has 0 aliphatic heterocycles. The van der Waals surface area contributed by atoms with E-state index in [2.05, 4.69) is 29.2 Å². The van der Waals surface area contributed by atoms with Crippen molar-refractivity contribution in [2.75, 3.05) is 0 Å². The van der Waals surface area contributed by atoms with Crippen molar-refractivity contribution in [2.45, 2.75) is 33.0 Å². The lowest BCUT2D eigenvalue weighted by atomic mass is 10.2. The summed E-state index contributed by atoms with van der Waals surface area (Å²) in [5, 5.41) is 8.36. The largest absolute Gasteiger partial charge is 0.310 e. The maximum absolute atomic E-state index is 6.07. The fraction of sp³-hybridized carbons (Fsp3) is 0.385. The van der Waals surface area contributed by atoms with Crippen LogP contribution in [0.3, 0.4) is 0 Å². The van der Waals surface area contributed by atoms with Crippen molar-refractivity contribution in [3.8, 4) is 0 Å². The van der Waals surface area contributed by atoms with E-state index in [-0.39, 0.29) is 0 Å². The zero-order chi connectivity index (χ0) is 13.0. The SMILES string of the molecule is CC(C)NCc1cnn(Cc2ccncc2Cl)c1. The molecule has 0 spiro atoms. The van der Waals surface area contributed by atoms with Gasteiger partial charge in [-0.05, 0) is 11.6 Å². The van der Waals surface area contributed by atoms with E-state index in [0.29, 0.717) is 17.6 Å². The first-order chi connectivity index (χ1) is 8.65. The molecule has 2 heterocycles. The number of aromatic nitrogens is 3. The van der Waals surface area contributed by atoms with E-state index in [1.165, 1.54) is 5.56 Å². The smallest absolute Gasteiger partial charge is 0.0675 e. The van der Waals surface area contributed by atoms with Crippen molar-refractivity contribution >= 4 is 11.6 Å². The second kappa shape index (κ2) is 5.98. The molecule has 4 nitrogen and oxygen atoms in total. The summed E-state index contributed by atoms with van der Waals surface area (Å²) in [4.78, 5) is 3.97. The van der Waals surface area contributed by atoms with E-state index in [1.807, 2.05) is 23.1 Å². The molecule has 0 unspecified atom stereocenters. The molecule has 0 atom stereocenters. The van der Waals surface area contributed by atoms with E-state index in [0.717, 1.165) is 12.1 Å². The highest BCUT2D eigenvalue weighted by Crippen LogP contribution is 2.14. The maximum atomic E-state index is 6.07. The fourth-order valence-corrected chi connectivity index (χ4v) is 1.79. The van der Waals surface area contributed by atoms with Gasteiger partial charge in [0.25, 0.3) is 0 Å². The summed E-state index contributed by atoms with van der Waals surface area (Å²) >= 11 is 6.07. The zero-order valence-corrected chi connectivity index (χ0v) is 11.4. The summed E-state index contributed by atoms with van der Waals surface area (Å²) in [5.74, 6) is 0. The molecule has 0 bridgehead atoms. The molecule has 0 fully saturated rings. The summed E-state index contributed by atoms with van der Waals surface area (Å²) in [7, 11) is 0. The Morgan fingerprint density at radius 2 is 2.22 bits per heavy atom. The van der Waals surface area contributed by atoms with Gasteiger partial charge in [-0.2, -0.15) is 5.10 Å². The highest BCUT2D eigenvalue weighted by Gasteiger charge is 2.03. The van der Waals surface area contributed by atoms with E-state index >= 15 is 0 Å². The Balaban J connectivity index is 2.00. The highest BCUT2D eigenvalue weighted by atomic mass is 35.5. The molecular weight excluding hydrogens is 248 g/mol. The number of nitrogens with one attached hydrogen (secondary N) is 1. The van der Waals surface area contributed by atoms with Gasteiger partial charge in [0.2, 0.25) is 0 Å². The van der Waals surface area contributed by atoms with Gasteiger partial charge in [0.1, 0.15) is 0 Å². The van der Waals surface area contributed by atoms with Gasteiger partial charge in [0.05, 0.1) is 17.8 Å². The summed E-state index contributed by atoms with van der Waals surface area (Å²) in [5.41, 5.74) is 2.20. The number of hydrogen-bond donors (Lipinski definition) is 1. The molecule has 1 N–H and O–H groups in total. The van der Waals surface area contributed by atoms with Crippen molar-refractivity contribution in [1.82, 2.24) is 20.1 Å². The predicted molar refractivity (Wildman–Crippen MR) is 72.6 cm³/mol. The number of rotatable bonds is 5.